The Morgan fingerprint density at radius 1 is 0.355 bits per heavy atom. The molecule has 0 spiro atoms. The number of benzene rings is 7. The number of hydrogen-bond donors (Lipinski definition) is 0. The van der Waals surface area contributed by atoms with Crippen molar-refractivity contribution in [2.75, 3.05) is 38.0 Å². The fraction of sp³-hybridized carbons (Fsp3) is 0.0714. The van der Waals surface area contributed by atoms with Gasteiger partial charge < -0.3 is 18.6 Å². The van der Waals surface area contributed by atoms with Crippen molar-refractivity contribution in [2.24, 2.45) is 0 Å². The molecule has 0 saturated carbocycles. The quantitative estimate of drug-likeness (QED) is 0.115. The minimum atomic E-state index is 0.576. The maximum atomic E-state index is 6.61. The number of anilines is 2. The number of aromatic nitrogens is 2. The Morgan fingerprint density at radius 3 is 1.08 bits per heavy atom. The highest BCUT2D eigenvalue weighted by atomic mass is 16.4. The molecule has 9 rings (SSSR count). The van der Waals surface area contributed by atoms with Gasteiger partial charge in [0, 0.05) is 72.9 Å². The van der Waals surface area contributed by atoms with E-state index in [1.54, 1.807) is 0 Å². The minimum absolute atomic E-state index is 0.576. The van der Waals surface area contributed by atoms with Crippen molar-refractivity contribution >= 4 is 35.7 Å². The molecule has 0 atom stereocenters. The summed E-state index contributed by atoms with van der Waals surface area (Å²) in [6, 6.07) is 62.2. The van der Waals surface area contributed by atoms with Crippen LogP contribution in [0.1, 0.15) is 22.3 Å². The maximum absolute atomic E-state index is 6.61. The Hall–Kier alpha value is -7.96. The molecule has 7 aromatic carbocycles. The highest BCUT2D eigenvalue weighted by Gasteiger charge is 2.21. The first-order valence-corrected chi connectivity index (χ1v) is 20.7. The maximum Gasteiger partial charge on any atom is 0.227 e. The zero-order valence-electron chi connectivity index (χ0n) is 35.2. The third kappa shape index (κ3) is 8.53. The average Bonchev–Trinajstić information content (AvgIpc) is 3.98. The van der Waals surface area contributed by atoms with Gasteiger partial charge in [-0.3, -0.25) is 0 Å². The monoisotopic (exact) mass is 806 g/mol. The molecular weight excluding hydrogens is 761 g/mol. The zero-order chi connectivity index (χ0) is 42.4. The van der Waals surface area contributed by atoms with Gasteiger partial charge in [0.15, 0.2) is 11.5 Å². The lowest BCUT2D eigenvalue weighted by Gasteiger charge is -2.12. The van der Waals surface area contributed by atoms with Gasteiger partial charge in [-0.15, -0.1) is 0 Å². The van der Waals surface area contributed by atoms with Crippen molar-refractivity contribution in [1.82, 2.24) is 9.97 Å². The summed E-state index contributed by atoms with van der Waals surface area (Å²) in [4.78, 5) is 14.4. The molecule has 0 fully saturated rings. The van der Waals surface area contributed by atoms with Crippen LogP contribution in [0.3, 0.4) is 0 Å². The molecule has 0 radical (unpaired) electrons. The Balaban J connectivity index is 0.967. The van der Waals surface area contributed by atoms with Gasteiger partial charge in [-0.2, -0.15) is 0 Å². The van der Waals surface area contributed by atoms with Gasteiger partial charge in [-0.1, -0.05) is 170 Å². The van der Waals surface area contributed by atoms with Crippen LogP contribution in [0.25, 0.3) is 92.4 Å². The van der Waals surface area contributed by atoms with Gasteiger partial charge in [0.05, 0.1) is 0 Å². The summed E-state index contributed by atoms with van der Waals surface area (Å²) >= 11 is 0. The fourth-order valence-electron chi connectivity index (χ4n) is 7.43. The predicted octanol–water partition coefficient (Wildman–Crippen LogP) is 14.1. The molecule has 0 bridgehead atoms. The second-order valence-corrected chi connectivity index (χ2v) is 15.5. The normalized spacial score (nSPS) is 11.4. The van der Waals surface area contributed by atoms with Crippen LogP contribution < -0.4 is 9.80 Å². The van der Waals surface area contributed by atoms with Crippen LogP contribution >= 0.6 is 0 Å². The Kier molecular flexibility index (Phi) is 11.3. The van der Waals surface area contributed by atoms with Crippen LogP contribution in [0.4, 0.5) is 11.4 Å². The summed E-state index contributed by atoms with van der Waals surface area (Å²) < 4.78 is 13.2. The van der Waals surface area contributed by atoms with E-state index >= 15 is 0 Å². The van der Waals surface area contributed by atoms with E-state index in [4.69, 9.17) is 18.8 Å². The Labute approximate surface area is 363 Å². The van der Waals surface area contributed by atoms with Gasteiger partial charge in [0.25, 0.3) is 0 Å². The van der Waals surface area contributed by atoms with Crippen LogP contribution in [0.5, 0.6) is 0 Å². The molecule has 6 heteroatoms. The smallest absolute Gasteiger partial charge is 0.227 e. The van der Waals surface area contributed by atoms with E-state index in [1.165, 1.54) is 0 Å². The molecule has 2 heterocycles. The van der Waals surface area contributed by atoms with Crippen LogP contribution in [-0.4, -0.2) is 38.2 Å². The summed E-state index contributed by atoms with van der Waals surface area (Å²) in [5, 5.41) is 0. The Bertz CT molecular complexity index is 2770. The van der Waals surface area contributed by atoms with E-state index in [-0.39, 0.29) is 0 Å². The van der Waals surface area contributed by atoms with Gasteiger partial charge in [-0.25, -0.2) is 9.97 Å². The van der Waals surface area contributed by atoms with E-state index in [9.17, 15) is 0 Å². The molecule has 302 valence electrons. The van der Waals surface area contributed by atoms with Crippen molar-refractivity contribution in [2.45, 2.75) is 0 Å². The SMILES string of the molecule is CN(C)c1ccc(-c2nc(-c3ccccc3/C=C/c3ccc(/C=C/c4ccccc4-c4nc(-c5ccc(N(C)C)cc5)c(-c5ccccc5)o4)cc3)oc2-c2ccccc2)cc1. The first kappa shape index (κ1) is 39.5. The molecular formula is C56H46N4O2. The molecule has 0 amide bonds. The molecule has 2 aromatic heterocycles. The van der Waals surface area contributed by atoms with Crippen molar-refractivity contribution in [1.29, 1.82) is 0 Å². The predicted molar refractivity (Wildman–Crippen MR) is 259 cm³/mol. The van der Waals surface area contributed by atoms with E-state index in [2.05, 4.69) is 155 Å². The minimum Gasteiger partial charge on any atom is -0.435 e. The van der Waals surface area contributed by atoms with E-state index in [1.807, 2.05) is 88.9 Å². The molecule has 0 saturated heterocycles. The van der Waals surface area contributed by atoms with Crippen molar-refractivity contribution in [3.8, 4) is 68.1 Å². The lowest BCUT2D eigenvalue weighted by Crippen LogP contribution is -2.07. The molecule has 62 heavy (non-hydrogen) atoms. The lowest BCUT2D eigenvalue weighted by atomic mass is 10.0. The van der Waals surface area contributed by atoms with Gasteiger partial charge in [0.1, 0.15) is 11.4 Å². The fourth-order valence-corrected chi connectivity index (χ4v) is 7.43. The van der Waals surface area contributed by atoms with Gasteiger partial charge >= 0.3 is 0 Å². The molecule has 9 aromatic rings. The van der Waals surface area contributed by atoms with Crippen molar-refractivity contribution in [3.05, 3.63) is 204 Å². The third-order valence-electron chi connectivity index (χ3n) is 10.9. The largest absolute Gasteiger partial charge is 0.435 e. The summed E-state index contributed by atoms with van der Waals surface area (Å²) in [5.41, 5.74) is 13.9. The highest BCUT2D eigenvalue weighted by molar-refractivity contribution is 5.85. The van der Waals surface area contributed by atoms with Crippen molar-refractivity contribution in [3.63, 3.8) is 0 Å². The molecule has 0 aliphatic rings. The van der Waals surface area contributed by atoms with Crippen molar-refractivity contribution < 1.29 is 8.83 Å². The molecule has 6 nitrogen and oxygen atoms in total. The average molecular weight is 807 g/mol. The summed E-state index contributed by atoms with van der Waals surface area (Å²) in [6.07, 6.45) is 8.50. The highest BCUT2D eigenvalue weighted by Crippen LogP contribution is 2.39. The molecule has 0 unspecified atom stereocenters. The number of rotatable bonds is 12. The standard InChI is InChI=1S/C56H46N4O2/c1-59(2)47-35-31-43(32-36-47)51-53(45-17-7-5-8-18-45)61-55(57-51)49-21-13-11-15-41(49)29-27-39-23-25-40(26-24-39)28-30-42-16-12-14-22-50(42)56-58-52(44-33-37-48(38-34-44)60(3)4)54(62-56)46-19-9-6-10-20-46/h5-38H,1-4H3/b29-27+,30-28+. The second-order valence-electron chi connectivity index (χ2n) is 15.5. The number of nitrogens with zero attached hydrogens (tertiary/aromatic N) is 4. The number of oxazole rings is 2. The van der Waals surface area contributed by atoms with E-state index in [0.29, 0.717) is 11.8 Å². The van der Waals surface area contributed by atoms with Crippen LogP contribution in [0.2, 0.25) is 0 Å². The number of hydrogen-bond acceptors (Lipinski definition) is 6. The lowest BCUT2D eigenvalue weighted by molar-refractivity contribution is 0.588. The van der Waals surface area contributed by atoms with Gasteiger partial charge in [-0.05, 0) is 58.7 Å². The summed E-state index contributed by atoms with van der Waals surface area (Å²) in [5.74, 6) is 2.65. The van der Waals surface area contributed by atoms with Gasteiger partial charge in [0.2, 0.25) is 11.8 Å². The second kappa shape index (κ2) is 17.7. The topological polar surface area (TPSA) is 58.5 Å². The summed E-state index contributed by atoms with van der Waals surface area (Å²) in [7, 11) is 8.17. The summed E-state index contributed by atoms with van der Waals surface area (Å²) in [6.45, 7) is 0. The van der Waals surface area contributed by atoms with E-state index < -0.39 is 0 Å². The first-order chi connectivity index (χ1) is 30.4. The molecule has 0 aliphatic carbocycles. The van der Waals surface area contributed by atoms with Crippen LogP contribution in [0.15, 0.2) is 191 Å². The zero-order valence-corrected chi connectivity index (χ0v) is 35.2. The first-order valence-electron chi connectivity index (χ1n) is 20.7. The van der Waals surface area contributed by atoms with E-state index in [0.717, 1.165) is 89.9 Å². The van der Waals surface area contributed by atoms with Crippen LogP contribution in [0, 0.1) is 0 Å². The third-order valence-corrected chi connectivity index (χ3v) is 10.9. The molecule has 0 aliphatic heterocycles. The molecule has 0 N–H and O–H groups in total. The van der Waals surface area contributed by atoms with Crippen LogP contribution in [-0.2, 0) is 0 Å². The Morgan fingerprint density at radius 2 is 0.710 bits per heavy atom.